The Labute approximate surface area is 105 Å². The van der Waals surface area contributed by atoms with Crippen LogP contribution in [0.2, 0.25) is 5.02 Å². The van der Waals surface area contributed by atoms with Crippen molar-refractivity contribution in [3.63, 3.8) is 0 Å². The number of nitrogens with one attached hydrogen (secondary N) is 1. The molecule has 0 radical (unpaired) electrons. The average Bonchev–Trinajstić information content (AvgIpc) is 2.87. The van der Waals surface area contributed by atoms with Crippen LogP contribution in [0.5, 0.6) is 0 Å². The number of Topliss-reactive ketones (excluding diaryl/α,β-unsaturated/α-hetero) is 1. The summed E-state index contributed by atoms with van der Waals surface area (Å²) in [6, 6.07) is 1.81. The molecule has 2 heterocycles. The Morgan fingerprint density at radius 3 is 3.00 bits per heavy atom. The van der Waals surface area contributed by atoms with Crippen LogP contribution in [-0.4, -0.2) is 18.9 Å². The van der Waals surface area contributed by atoms with Crippen molar-refractivity contribution in [1.29, 1.82) is 0 Å². The van der Waals surface area contributed by atoms with Gasteiger partial charge in [-0.05, 0) is 30.8 Å². The Morgan fingerprint density at radius 2 is 2.50 bits per heavy atom. The Morgan fingerprint density at radius 1 is 1.69 bits per heavy atom. The van der Waals surface area contributed by atoms with E-state index in [-0.39, 0.29) is 11.2 Å². The molecule has 0 bridgehead atoms. The molecule has 88 valence electrons. The zero-order valence-corrected chi connectivity index (χ0v) is 11.0. The summed E-state index contributed by atoms with van der Waals surface area (Å²) in [5.41, 5.74) is -0.205. The topological polar surface area (TPSA) is 29.1 Å². The molecule has 2 nitrogen and oxygen atoms in total. The van der Waals surface area contributed by atoms with Gasteiger partial charge in [0.05, 0.1) is 9.90 Å². The fourth-order valence-electron chi connectivity index (χ4n) is 2.44. The maximum atomic E-state index is 12.5. The quantitative estimate of drug-likeness (QED) is 0.838. The second-order valence-electron chi connectivity index (χ2n) is 4.38. The minimum Gasteiger partial charge on any atom is -0.316 e. The summed E-state index contributed by atoms with van der Waals surface area (Å²) in [6.45, 7) is 3.87. The highest BCUT2D eigenvalue weighted by Gasteiger charge is 2.41. The minimum atomic E-state index is -0.205. The first-order chi connectivity index (χ1) is 7.69. The lowest BCUT2D eigenvalue weighted by atomic mass is 9.78. The molecule has 1 N–H and O–H groups in total. The second-order valence-corrected chi connectivity index (χ2v) is 5.71. The summed E-state index contributed by atoms with van der Waals surface area (Å²) in [5.74, 6) is 0.236. The Bertz CT molecular complexity index is 382. The van der Waals surface area contributed by atoms with Gasteiger partial charge in [0, 0.05) is 12.0 Å². The molecule has 16 heavy (non-hydrogen) atoms. The first kappa shape index (κ1) is 12.1. The van der Waals surface area contributed by atoms with Gasteiger partial charge < -0.3 is 5.32 Å². The third-order valence-electron chi connectivity index (χ3n) is 3.28. The van der Waals surface area contributed by atoms with Gasteiger partial charge in [-0.25, -0.2) is 0 Å². The molecule has 1 aromatic rings. The van der Waals surface area contributed by atoms with Crippen molar-refractivity contribution in [3.8, 4) is 0 Å². The molecule has 1 atom stereocenters. The van der Waals surface area contributed by atoms with E-state index < -0.39 is 0 Å². The first-order valence-corrected chi connectivity index (χ1v) is 6.94. The van der Waals surface area contributed by atoms with Gasteiger partial charge in [0.25, 0.3) is 0 Å². The number of rotatable bonds is 4. The molecule has 4 heteroatoms. The van der Waals surface area contributed by atoms with Crippen molar-refractivity contribution in [2.45, 2.75) is 26.2 Å². The lowest BCUT2D eigenvalue weighted by molar-refractivity contribution is 0.0806. The Hall–Kier alpha value is -0.380. The van der Waals surface area contributed by atoms with Crippen LogP contribution in [0.4, 0.5) is 0 Å². The van der Waals surface area contributed by atoms with Gasteiger partial charge in [-0.3, -0.25) is 4.79 Å². The smallest absolute Gasteiger partial charge is 0.181 e. The molecule has 0 spiro atoms. The van der Waals surface area contributed by atoms with Gasteiger partial charge in [-0.1, -0.05) is 24.9 Å². The summed E-state index contributed by atoms with van der Waals surface area (Å²) < 4.78 is 0. The average molecular weight is 258 g/mol. The van der Waals surface area contributed by atoms with Crippen LogP contribution in [0.25, 0.3) is 0 Å². The number of hydrogen-bond donors (Lipinski definition) is 1. The van der Waals surface area contributed by atoms with E-state index in [9.17, 15) is 4.79 Å². The summed E-state index contributed by atoms with van der Waals surface area (Å²) in [4.78, 5) is 13.3. The lowest BCUT2D eigenvalue weighted by Gasteiger charge is -2.25. The van der Waals surface area contributed by atoms with Crippen molar-refractivity contribution in [3.05, 3.63) is 21.3 Å². The maximum Gasteiger partial charge on any atom is 0.181 e. The van der Waals surface area contributed by atoms with Crippen molar-refractivity contribution < 1.29 is 4.79 Å². The molecule has 1 fully saturated rings. The van der Waals surface area contributed by atoms with Crippen LogP contribution in [0.15, 0.2) is 11.4 Å². The van der Waals surface area contributed by atoms with E-state index in [0.717, 1.165) is 37.2 Å². The zero-order valence-electron chi connectivity index (χ0n) is 9.38. The number of thiophene rings is 1. The van der Waals surface area contributed by atoms with Gasteiger partial charge in [-0.15, -0.1) is 11.3 Å². The fourth-order valence-corrected chi connectivity index (χ4v) is 3.64. The summed E-state index contributed by atoms with van der Waals surface area (Å²) in [7, 11) is 0. The van der Waals surface area contributed by atoms with Crippen LogP contribution in [-0.2, 0) is 0 Å². The SMILES string of the molecule is CCCC1(C(=O)c2sccc2Cl)CCNC1. The van der Waals surface area contributed by atoms with E-state index in [1.807, 2.05) is 11.4 Å². The molecular weight excluding hydrogens is 242 g/mol. The van der Waals surface area contributed by atoms with E-state index in [2.05, 4.69) is 12.2 Å². The normalized spacial score (nSPS) is 24.9. The summed E-state index contributed by atoms with van der Waals surface area (Å²) in [5, 5.41) is 5.80. The van der Waals surface area contributed by atoms with E-state index in [4.69, 9.17) is 11.6 Å². The molecule has 0 aliphatic carbocycles. The third-order valence-corrected chi connectivity index (χ3v) is 4.62. The van der Waals surface area contributed by atoms with E-state index in [1.165, 1.54) is 11.3 Å². The molecule has 1 aliphatic rings. The third kappa shape index (κ3) is 2.04. The van der Waals surface area contributed by atoms with E-state index >= 15 is 0 Å². The van der Waals surface area contributed by atoms with Gasteiger partial charge in [-0.2, -0.15) is 0 Å². The second kappa shape index (κ2) is 4.86. The van der Waals surface area contributed by atoms with Crippen LogP contribution >= 0.6 is 22.9 Å². The molecule has 1 saturated heterocycles. The molecule has 2 rings (SSSR count). The van der Waals surface area contributed by atoms with E-state index in [0.29, 0.717) is 5.02 Å². The Balaban J connectivity index is 2.27. The predicted octanol–water partition coefficient (Wildman–Crippen LogP) is 3.36. The van der Waals surface area contributed by atoms with Crippen molar-refractivity contribution in [1.82, 2.24) is 5.32 Å². The number of carbonyl (C=O) groups excluding carboxylic acids is 1. The summed E-state index contributed by atoms with van der Waals surface area (Å²) in [6.07, 6.45) is 2.93. The van der Waals surface area contributed by atoms with Crippen molar-refractivity contribution >= 4 is 28.7 Å². The van der Waals surface area contributed by atoms with Crippen molar-refractivity contribution in [2.75, 3.05) is 13.1 Å². The fraction of sp³-hybridized carbons (Fsp3) is 0.583. The summed E-state index contributed by atoms with van der Waals surface area (Å²) >= 11 is 7.50. The molecule has 0 aromatic carbocycles. The molecular formula is C12H16ClNOS. The maximum absolute atomic E-state index is 12.5. The highest BCUT2D eigenvalue weighted by atomic mass is 35.5. The lowest BCUT2D eigenvalue weighted by Crippen LogP contribution is -2.33. The number of ketones is 1. The highest BCUT2D eigenvalue weighted by molar-refractivity contribution is 7.12. The highest BCUT2D eigenvalue weighted by Crippen LogP contribution is 2.38. The number of carbonyl (C=O) groups is 1. The van der Waals surface area contributed by atoms with Gasteiger partial charge in [0.15, 0.2) is 5.78 Å². The molecule has 0 amide bonds. The largest absolute Gasteiger partial charge is 0.316 e. The standard InChI is InChI=1S/C12H16ClNOS/c1-2-4-12(5-6-14-8-12)11(15)10-9(13)3-7-16-10/h3,7,14H,2,4-6,8H2,1H3. The number of hydrogen-bond acceptors (Lipinski definition) is 3. The van der Waals surface area contributed by atoms with Crippen molar-refractivity contribution in [2.24, 2.45) is 5.41 Å². The monoisotopic (exact) mass is 257 g/mol. The van der Waals surface area contributed by atoms with Crippen LogP contribution in [0, 0.1) is 5.41 Å². The van der Waals surface area contributed by atoms with Crippen LogP contribution in [0.3, 0.4) is 0 Å². The van der Waals surface area contributed by atoms with E-state index in [1.54, 1.807) is 0 Å². The molecule has 1 aliphatic heterocycles. The molecule has 0 saturated carbocycles. The van der Waals surface area contributed by atoms with Gasteiger partial charge in [0.1, 0.15) is 0 Å². The number of halogens is 1. The molecule has 1 aromatic heterocycles. The van der Waals surface area contributed by atoms with Crippen LogP contribution in [0.1, 0.15) is 35.9 Å². The van der Waals surface area contributed by atoms with Gasteiger partial charge >= 0.3 is 0 Å². The predicted molar refractivity (Wildman–Crippen MR) is 68.5 cm³/mol. The minimum absolute atomic E-state index is 0.205. The first-order valence-electron chi connectivity index (χ1n) is 5.68. The zero-order chi connectivity index (χ0) is 11.6. The molecule has 1 unspecified atom stereocenters. The van der Waals surface area contributed by atoms with Crippen LogP contribution < -0.4 is 5.32 Å². The Kier molecular flexibility index (Phi) is 3.67. The van der Waals surface area contributed by atoms with Gasteiger partial charge in [0.2, 0.25) is 0 Å².